The maximum atomic E-state index is 5.52. The Balaban J connectivity index is 2.39. The van der Waals surface area contributed by atoms with Crippen LogP contribution >= 0.6 is 11.8 Å². The van der Waals surface area contributed by atoms with Crippen molar-refractivity contribution in [1.82, 2.24) is 5.32 Å². The SMILES string of the molecule is CCCNC(CCC(C)(C)OC)C1CCSC1. The van der Waals surface area contributed by atoms with Gasteiger partial charge in [-0.3, -0.25) is 0 Å². The number of methoxy groups -OCH3 is 1. The number of thioether (sulfide) groups is 1. The summed E-state index contributed by atoms with van der Waals surface area (Å²) in [7, 11) is 1.82. The molecule has 2 atom stereocenters. The maximum Gasteiger partial charge on any atom is 0.0623 e. The quantitative estimate of drug-likeness (QED) is 0.722. The molecule has 0 aromatic heterocycles. The molecule has 0 radical (unpaired) electrons. The van der Waals surface area contributed by atoms with Gasteiger partial charge in [0.25, 0.3) is 0 Å². The van der Waals surface area contributed by atoms with Gasteiger partial charge in [-0.1, -0.05) is 6.92 Å². The lowest BCUT2D eigenvalue weighted by atomic mass is 9.90. The minimum absolute atomic E-state index is 0.0257. The summed E-state index contributed by atoms with van der Waals surface area (Å²) < 4.78 is 5.52. The highest BCUT2D eigenvalue weighted by Crippen LogP contribution is 2.29. The molecule has 0 bridgehead atoms. The van der Waals surface area contributed by atoms with Crippen LogP contribution in [0, 0.1) is 5.92 Å². The fourth-order valence-electron chi connectivity index (χ4n) is 2.31. The molecule has 3 heteroatoms. The van der Waals surface area contributed by atoms with Crippen LogP contribution in [0.2, 0.25) is 0 Å². The molecule has 1 aliphatic rings. The van der Waals surface area contributed by atoms with Crippen molar-refractivity contribution in [3.05, 3.63) is 0 Å². The zero-order valence-electron chi connectivity index (χ0n) is 11.9. The van der Waals surface area contributed by atoms with Gasteiger partial charge in [0, 0.05) is 13.2 Å². The minimum Gasteiger partial charge on any atom is -0.379 e. The summed E-state index contributed by atoms with van der Waals surface area (Å²) in [5, 5.41) is 3.74. The Hall–Kier alpha value is 0.270. The first-order valence-corrected chi connectivity index (χ1v) is 8.11. The molecule has 1 rings (SSSR count). The van der Waals surface area contributed by atoms with Gasteiger partial charge in [0.05, 0.1) is 5.60 Å². The molecule has 0 aliphatic carbocycles. The van der Waals surface area contributed by atoms with E-state index in [9.17, 15) is 0 Å². The van der Waals surface area contributed by atoms with Crippen molar-refractivity contribution in [2.45, 2.75) is 58.1 Å². The Morgan fingerprint density at radius 1 is 1.47 bits per heavy atom. The first kappa shape index (κ1) is 15.3. The zero-order chi connectivity index (χ0) is 12.7. The summed E-state index contributed by atoms with van der Waals surface area (Å²) in [4.78, 5) is 0. The highest BCUT2D eigenvalue weighted by Gasteiger charge is 2.27. The van der Waals surface area contributed by atoms with Gasteiger partial charge in [0.1, 0.15) is 0 Å². The standard InChI is InChI=1S/C14H29NOS/c1-5-9-15-13(12-7-10-17-11-12)6-8-14(2,3)16-4/h12-13,15H,5-11H2,1-4H3. The second-order valence-electron chi connectivity index (χ2n) is 5.69. The number of nitrogens with one attached hydrogen (secondary N) is 1. The molecule has 1 N–H and O–H groups in total. The van der Waals surface area contributed by atoms with Crippen LogP contribution in [-0.4, -0.2) is 36.8 Å². The van der Waals surface area contributed by atoms with Crippen molar-refractivity contribution in [3.63, 3.8) is 0 Å². The van der Waals surface area contributed by atoms with Gasteiger partial charge in [-0.15, -0.1) is 0 Å². The highest BCUT2D eigenvalue weighted by atomic mass is 32.2. The molecular formula is C14H29NOS. The van der Waals surface area contributed by atoms with Crippen molar-refractivity contribution < 1.29 is 4.74 Å². The third-order valence-corrected chi connectivity index (χ3v) is 4.99. The average Bonchev–Trinajstić information content (AvgIpc) is 2.83. The van der Waals surface area contributed by atoms with Crippen LogP contribution in [0.25, 0.3) is 0 Å². The van der Waals surface area contributed by atoms with Gasteiger partial charge in [0.15, 0.2) is 0 Å². The highest BCUT2D eigenvalue weighted by molar-refractivity contribution is 7.99. The fraction of sp³-hybridized carbons (Fsp3) is 1.00. The van der Waals surface area contributed by atoms with Gasteiger partial charge in [-0.05, 0) is 63.5 Å². The first-order chi connectivity index (χ1) is 8.09. The minimum atomic E-state index is 0.0257. The van der Waals surface area contributed by atoms with Crippen LogP contribution in [0.4, 0.5) is 0 Å². The van der Waals surface area contributed by atoms with E-state index in [1.54, 1.807) is 0 Å². The van der Waals surface area contributed by atoms with E-state index < -0.39 is 0 Å². The van der Waals surface area contributed by atoms with Crippen LogP contribution in [0.1, 0.15) is 46.5 Å². The van der Waals surface area contributed by atoms with E-state index >= 15 is 0 Å². The molecule has 1 saturated heterocycles. The molecule has 0 aromatic rings. The molecule has 0 saturated carbocycles. The Morgan fingerprint density at radius 3 is 2.76 bits per heavy atom. The largest absolute Gasteiger partial charge is 0.379 e. The van der Waals surface area contributed by atoms with Crippen LogP contribution in [-0.2, 0) is 4.74 Å². The lowest BCUT2D eigenvalue weighted by Crippen LogP contribution is -2.38. The summed E-state index contributed by atoms with van der Waals surface area (Å²) in [6.07, 6.45) is 5.00. The van der Waals surface area contributed by atoms with Gasteiger partial charge in [0.2, 0.25) is 0 Å². The summed E-state index contributed by atoms with van der Waals surface area (Å²) in [6, 6.07) is 0.694. The van der Waals surface area contributed by atoms with Crippen LogP contribution in [0.15, 0.2) is 0 Å². The van der Waals surface area contributed by atoms with Crippen LogP contribution in [0.3, 0.4) is 0 Å². The van der Waals surface area contributed by atoms with Crippen LogP contribution in [0.5, 0.6) is 0 Å². The maximum absolute atomic E-state index is 5.52. The summed E-state index contributed by atoms with van der Waals surface area (Å²) >= 11 is 2.11. The van der Waals surface area contributed by atoms with Crippen molar-refractivity contribution in [3.8, 4) is 0 Å². The predicted molar refractivity (Wildman–Crippen MR) is 77.8 cm³/mol. The van der Waals surface area contributed by atoms with Crippen molar-refractivity contribution in [2.75, 3.05) is 25.2 Å². The van der Waals surface area contributed by atoms with E-state index in [4.69, 9.17) is 4.74 Å². The second-order valence-corrected chi connectivity index (χ2v) is 6.84. The normalized spacial score (nSPS) is 22.9. The molecule has 1 aliphatic heterocycles. The van der Waals surface area contributed by atoms with E-state index in [2.05, 4.69) is 37.8 Å². The Bertz CT molecular complexity index is 202. The number of ether oxygens (including phenoxy) is 1. The van der Waals surface area contributed by atoms with E-state index in [0.717, 1.165) is 18.9 Å². The molecule has 2 nitrogen and oxygen atoms in total. The lowest BCUT2D eigenvalue weighted by Gasteiger charge is -2.29. The summed E-state index contributed by atoms with van der Waals surface area (Å²) in [6.45, 7) is 7.77. The van der Waals surface area contributed by atoms with E-state index in [0.29, 0.717) is 6.04 Å². The predicted octanol–water partition coefficient (Wildman–Crippen LogP) is 3.31. The molecule has 0 amide bonds. The Kier molecular flexibility index (Phi) is 6.90. The molecule has 1 heterocycles. The van der Waals surface area contributed by atoms with Crippen molar-refractivity contribution >= 4 is 11.8 Å². The van der Waals surface area contributed by atoms with Crippen LogP contribution < -0.4 is 5.32 Å². The molecule has 2 unspecified atom stereocenters. The van der Waals surface area contributed by atoms with Gasteiger partial charge in [-0.2, -0.15) is 11.8 Å². The molecule has 0 spiro atoms. The Labute approximate surface area is 111 Å². The molecular weight excluding hydrogens is 230 g/mol. The number of rotatable bonds is 8. The topological polar surface area (TPSA) is 21.3 Å². The average molecular weight is 259 g/mol. The lowest BCUT2D eigenvalue weighted by molar-refractivity contribution is 0.0105. The smallest absolute Gasteiger partial charge is 0.0623 e. The monoisotopic (exact) mass is 259 g/mol. The third kappa shape index (κ3) is 5.62. The molecule has 1 fully saturated rings. The molecule has 0 aromatic carbocycles. The number of hydrogen-bond donors (Lipinski definition) is 1. The fourth-order valence-corrected chi connectivity index (χ4v) is 3.65. The van der Waals surface area contributed by atoms with Gasteiger partial charge < -0.3 is 10.1 Å². The number of hydrogen-bond acceptors (Lipinski definition) is 3. The van der Waals surface area contributed by atoms with E-state index in [-0.39, 0.29) is 5.60 Å². The second kappa shape index (κ2) is 7.65. The first-order valence-electron chi connectivity index (χ1n) is 6.95. The summed E-state index contributed by atoms with van der Waals surface area (Å²) in [5.74, 6) is 3.57. The van der Waals surface area contributed by atoms with Gasteiger partial charge in [-0.25, -0.2) is 0 Å². The van der Waals surface area contributed by atoms with Crippen molar-refractivity contribution in [1.29, 1.82) is 0 Å². The Morgan fingerprint density at radius 2 is 2.24 bits per heavy atom. The van der Waals surface area contributed by atoms with E-state index in [1.165, 1.54) is 30.8 Å². The summed E-state index contributed by atoms with van der Waals surface area (Å²) in [5.41, 5.74) is 0.0257. The molecule has 102 valence electrons. The zero-order valence-corrected chi connectivity index (χ0v) is 12.7. The van der Waals surface area contributed by atoms with Gasteiger partial charge >= 0.3 is 0 Å². The van der Waals surface area contributed by atoms with E-state index in [1.807, 2.05) is 7.11 Å². The molecule has 17 heavy (non-hydrogen) atoms. The van der Waals surface area contributed by atoms with Crippen molar-refractivity contribution in [2.24, 2.45) is 5.92 Å². The third-order valence-electron chi connectivity index (χ3n) is 3.80.